The molecule has 0 amide bonds. The molecule has 0 aromatic carbocycles. The molecule has 0 bridgehead atoms. The zero-order valence-electron chi connectivity index (χ0n) is 15.9. The maximum atomic E-state index is 13.0. The number of nitrogens with two attached hydrogens (primary N) is 1. The van der Waals surface area contributed by atoms with Crippen molar-refractivity contribution in [2.45, 2.75) is 45.7 Å². The van der Waals surface area contributed by atoms with Crippen LogP contribution in [0.15, 0.2) is 18.2 Å². The summed E-state index contributed by atoms with van der Waals surface area (Å²) in [6.07, 6.45) is 0.0296. The summed E-state index contributed by atoms with van der Waals surface area (Å²) in [5.41, 5.74) is 5.37. The second-order valence-electron chi connectivity index (χ2n) is 8.70. The van der Waals surface area contributed by atoms with E-state index in [0.29, 0.717) is 5.95 Å². The number of pyridine rings is 1. The van der Waals surface area contributed by atoms with Crippen LogP contribution in [0.3, 0.4) is 0 Å². The highest BCUT2D eigenvalue weighted by atomic mass is 19.4. The number of aromatic nitrogens is 4. The molecule has 2 aromatic rings. The zero-order valence-corrected chi connectivity index (χ0v) is 15.9. The third-order valence-corrected chi connectivity index (χ3v) is 5.54. The summed E-state index contributed by atoms with van der Waals surface area (Å²) in [7, 11) is 0. The van der Waals surface area contributed by atoms with Crippen LogP contribution in [0.2, 0.25) is 0 Å². The van der Waals surface area contributed by atoms with E-state index in [-0.39, 0.29) is 28.3 Å². The van der Waals surface area contributed by atoms with Crippen LogP contribution in [0.4, 0.5) is 25.1 Å². The van der Waals surface area contributed by atoms with E-state index in [9.17, 15) is 13.2 Å². The van der Waals surface area contributed by atoms with Gasteiger partial charge in [-0.1, -0.05) is 19.9 Å². The molecule has 2 aliphatic rings. The third kappa shape index (κ3) is 4.18. The summed E-state index contributed by atoms with van der Waals surface area (Å²) in [4.78, 5) is 18.5. The molecule has 0 unspecified atom stereocenters. The van der Waals surface area contributed by atoms with Gasteiger partial charge in [0.25, 0.3) is 0 Å². The van der Waals surface area contributed by atoms with Crippen LogP contribution in [-0.4, -0.2) is 33.0 Å². The fraction of sp³-hybridized carbons (Fsp3) is 0.579. The molecule has 0 atom stereocenters. The summed E-state index contributed by atoms with van der Waals surface area (Å²) < 4.78 is 39.0. The van der Waals surface area contributed by atoms with Crippen molar-refractivity contribution in [2.24, 2.45) is 10.8 Å². The number of nitrogens with zero attached hydrogens (tertiary/aromatic N) is 5. The maximum Gasteiger partial charge on any atom is 0.433 e. The lowest BCUT2D eigenvalue weighted by Gasteiger charge is -2.28. The predicted octanol–water partition coefficient (Wildman–Crippen LogP) is 3.94. The van der Waals surface area contributed by atoms with Gasteiger partial charge in [-0.05, 0) is 48.6 Å². The van der Waals surface area contributed by atoms with Gasteiger partial charge in [-0.15, -0.1) is 0 Å². The minimum atomic E-state index is -4.54. The van der Waals surface area contributed by atoms with Crippen molar-refractivity contribution in [1.82, 2.24) is 19.9 Å². The summed E-state index contributed by atoms with van der Waals surface area (Å²) in [5.74, 6) is 0.439. The Morgan fingerprint density at radius 1 is 0.964 bits per heavy atom. The van der Waals surface area contributed by atoms with Crippen molar-refractivity contribution in [2.75, 3.05) is 23.7 Å². The van der Waals surface area contributed by atoms with Crippen LogP contribution in [-0.2, 0) is 6.18 Å². The molecular weight excluding hydrogens is 369 g/mol. The molecule has 2 heterocycles. The lowest BCUT2D eigenvalue weighted by molar-refractivity contribution is -0.141. The molecule has 0 radical (unpaired) electrons. The third-order valence-electron chi connectivity index (χ3n) is 5.54. The van der Waals surface area contributed by atoms with Crippen molar-refractivity contribution in [3.63, 3.8) is 0 Å². The van der Waals surface area contributed by atoms with Crippen LogP contribution in [0.5, 0.6) is 0 Å². The van der Waals surface area contributed by atoms with Gasteiger partial charge in [0.15, 0.2) is 5.82 Å². The highest BCUT2D eigenvalue weighted by Gasteiger charge is 2.44. The van der Waals surface area contributed by atoms with E-state index in [4.69, 9.17) is 5.73 Å². The lowest BCUT2D eigenvalue weighted by Crippen LogP contribution is -2.35. The second kappa shape index (κ2) is 6.28. The highest BCUT2D eigenvalue weighted by molar-refractivity contribution is 5.54. The van der Waals surface area contributed by atoms with Crippen molar-refractivity contribution in [3.05, 3.63) is 23.9 Å². The number of anilines is 2. The highest BCUT2D eigenvalue weighted by Crippen LogP contribution is 2.49. The first-order valence-electron chi connectivity index (χ1n) is 9.37. The van der Waals surface area contributed by atoms with Crippen molar-refractivity contribution in [1.29, 1.82) is 0 Å². The fourth-order valence-corrected chi connectivity index (χ4v) is 3.22. The smallest absolute Gasteiger partial charge is 0.368 e. The van der Waals surface area contributed by atoms with E-state index in [2.05, 4.69) is 38.7 Å². The first kappa shape index (κ1) is 18.9. The molecule has 6 nitrogen and oxygen atoms in total. The Hall–Kier alpha value is -2.45. The van der Waals surface area contributed by atoms with Crippen LogP contribution in [0, 0.1) is 10.8 Å². The van der Waals surface area contributed by atoms with Gasteiger partial charge in [-0.2, -0.15) is 28.1 Å². The standard InChI is InChI=1S/C19H23F3N6/c1-17(6-7-17)10-28(11-18(2)8-9-18)16-26-14(25-15(23)27-16)12-4-3-5-13(24-12)19(20,21)22/h3-5H,6-11H2,1-2H3,(H2,23,25,26,27). The summed E-state index contributed by atoms with van der Waals surface area (Å²) in [6.45, 7) is 6.02. The molecule has 0 aliphatic heterocycles. The molecule has 28 heavy (non-hydrogen) atoms. The van der Waals surface area contributed by atoms with Gasteiger partial charge in [0.2, 0.25) is 11.9 Å². The van der Waals surface area contributed by atoms with Gasteiger partial charge in [-0.3, -0.25) is 0 Å². The van der Waals surface area contributed by atoms with Gasteiger partial charge in [0, 0.05) is 13.1 Å². The van der Waals surface area contributed by atoms with Crippen LogP contribution < -0.4 is 10.6 Å². The Balaban J connectivity index is 1.69. The van der Waals surface area contributed by atoms with Gasteiger partial charge in [-0.25, -0.2) is 4.98 Å². The summed E-state index contributed by atoms with van der Waals surface area (Å²) in [6, 6.07) is 3.66. The number of nitrogen functional groups attached to an aromatic ring is 1. The SMILES string of the molecule is CC1(CN(CC2(C)CC2)c2nc(N)nc(-c3cccc(C(F)(F)F)n3)n2)CC1. The Morgan fingerprint density at radius 3 is 2.11 bits per heavy atom. The number of rotatable bonds is 6. The van der Waals surface area contributed by atoms with Crippen molar-refractivity contribution in [3.8, 4) is 11.5 Å². The van der Waals surface area contributed by atoms with E-state index in [1.54, 1.807) is 0 Å². The van der Waals surface area contributed by atoms with Crippen LogP contribution in [0.25, 0.3) is 11.5 Å². The van der Waals surface area contributed by atoms with E-state index in [1.165, 1.54) is 12.1 Å². The molecule has 0 spiro atoms. The monoisotopic (exact) mass is 392 g/mol. The molecule has 2 N–H and O–H groups in total. The van der Waals surface area contributed by atoms with Gasteiger partial charge >= 0.3 is 6.18 Å². The van der Waals surface area contributed by atoms with Crippen LogP contribution in [0.1, 0.15) is 45.2 Å². The molecular formula is C19H23F3N6. The molecule has 9 heteroatoms. The average Bonchev–Trinajstić information content (AvgIpc) is 3.53. The molecule has 4 rings (SSSR count). The molecule has 2 aromatic heterocycles. The number of halogens is 3. The fourth-order valence-electron chi connectivity index (χ4n) is 3.22. The largest absolute Gasteiger partial charge is 0.433 e. The molecule has 150 valence electrons. The second-order valence-corrected chi connectivity index (χ2v) is 8.70. The number of hydrogen-bond acceptors (Lipinski definition) is 6. The van der Waals surface area contributed by atoms with Crippen molar-refractivity contribution < 1.29 is 13.2 Å². The molecule has 2 fully saturated rings. The van der Waals surface area contributed by atoms with Gasteiger partial charge < -0.3 is 10.6 Å². The number of hydrogen-bond donors (Lipinski definition) is 1. The lowest BCUT2D eigenvalue weighted by atomic mass is 10.1. The van der Waals surface area contributed by atoms with E-state index < -0.39 is 11.9 Å². The Labute approximate surface area is 161 Å². The quantitative estimate of drug-likeness (QED) is 0.802. The Morgan fingerprint density at radius 2 is 1.57 bits per heavy atom. The average molecular weight is 392 g/mol. The first-order chi connectivity index (χ1) is 13.1. The minimum Gasteiger partial charge on any atom is -0.368 e. The molecule has 2 saturated carbocycles. The van der Waals surface area contributed by atoms with E-state index in [0.717, 1.165) is 44.8 Å². The van der Waals surface area contributed by atoms with Crippen molar-refractivity contribution >= 4 is 11.9 Å². The predicted molar refractivity (Wildman–Crippen MR) is 99.4 cm³/mol. The van der Waals surface area contributed by atoms with E-state index >= 15 is 0 Å². The minimum absolute atomic E-state index is 0.0221. The summed E-state index contributed by atoms with van der Waals surface area (Å²) in [5, 5.41) is 0. The van der Waals surface area contributed by atoms with E-state index in [1.807, 2.05) is 0 Å². The maximum absolute atomic E-state index is 13.0. The zero-order chi connectivity index (χ0) is 20.2. The Bertz CT molecular complexity index is 869. The Kier molecular flexibility index (Phi) is 4.24. The van der Waals surface area contributed by atoms with Crippen LogP contribution >= 0.6 is 0 Å². The topological polar surface area (TPSA) is 80.8 Å². The van der Waals surface area contributed by atoms with Gasteiger partial charge in [0.1, 0.15) is 11.4 Å². The normalized spacial score (nSPS) is 19.3. The van der Waals surface area contributed by atoms with Gasteiger partial charge in [0.05, 0.1) is 0 Å². The summed E-state index contributed by atoms with van der Waals surface area (Å²) >= 11 is 0. The first-order valence-corrected chi connectivity index (χ1v) is 9.37. The molecule has 2 aliphatic carbocycles. The number of alkyl halides is 3. The molecule has 0 saturated heterocycles.